The number of imidazole rings is 1. The molecule has 12 nitrogen and oxygen atoms in total. The molecule has 0 bridgehead atoms. The van der Waals surface area contributed by atoms with E-state index in [-0.39, 0.29) is 29.7 Å². The number of carbonyl (C=O) groups excluding carboxylic acids is 2. The average Bonchev–Trinajstić information content (AvgIpc) is 3.62. The number of aromatic amines is 1. The Kier molecular flexibility index (Phi) is 5.14. The molecule has 0 spiro atoms. The van der Waals surface area contributed by atoms with Gasteiger partial charge in [0.05, 0.1) is 34.9 Å². The number of nitrogens with zero attached hydrogens (tertiary/aromatic N) is 8. The zero-order valence-electron chi connectivity index (χ0n) is 18.5. The molecule has 2 aliphatic heterocycles. The standard InChI is InChI=1S/C22H18ClFN10O2/c23-11-1-3-14(33-10-27-30-31-33)17(7-11)32-9-19(35)34-15(4-5-16(34)22(32)36)21-26-8-13(28-21)12-2-6-18(25)29-20(12)24/h1-3,6-8,10,15-16H,4-5,9H2,(H2,25,29)(H,26,28)/t15-,16+/m0/s1. The number of hydrogen-bond acceptors (Lipinski definition) is 8. The Morgan fingerprint density at radius 3 is 2.72 bits per heavy atom. The van der Waals surface area contributed by atoms with Gasteiger partial charge in [-0.25, -0.2) is 9.97 Å². The van der Waals surface area contributed by atoms with Crippen LogP contribution in [-0.4, -0.2) is 64.5 Å². The van der Waals surface area contributed by atoms with Gasteiger partial charge >= 0.3 is 0 Å². The van der Waals surface area contributed by atoms with Crippen LogP contribution in [0.3, 0.4) is 0 Å². The summed E-state index contributed by atoms with van der Waals surface area (Å²) < 4.78 is 15.7. The molecule has 1 aromatic carbocycles. The van der Waals surface area contributed by atoms with Crippen molar-refractivity contribution < 1.29 is 14.0 Å². The van der Waals surface area contributed by atoms with Crippen LogP contribution in [-0.2, 0) is 9.59 Å². The van der Waals surface area contributed by atoms with E-state index < -0.39 is 18.0 Å². The second-order valence-electron chi connectivity index (χ2n) is 8.48. The quantitative estimate of drug-likeness (QED) is 0.396. The van der Waals surface area contributed by atoms with Crippen LogP contribution in [0.1, 0.15) is 24.7 Å². The van der Waals surface area contributed by atoms with E-state index >= 15 is 0 Å². The fourth-order valence-corrected chi connectivity index (χ4v) is 4.98. The van der Waals surface area contributed by atoms with Gasteiger partial charge in [0.2, 0.25) is 17.8 Å². The molecule has 182 valence electrons. The number of aromatic nitrogens is 7. The van der Waals surface area contributed by atoms with Crippen molar-refractivity contribution in [2.45, 2.75) is 24.9 Å². The molecule has 36 heavy (non-hydrogen) atoms. The Morgan fingerprint density at radius 2 is 1.94 bits per heavy atom. The molecule has 0 saturated carbocycles. The van der Waals surface area contributed by atoms with E-state index in [1.54, 1.807) is 23.1 Å². The highest BCUT2D eigenvalue weighted by Gasteiger charge is 2.49. The lowest BCUT2D eigenvalue weighted by Crippen LogP contribution is -2.58. The van der Waals surface area contributed by atoms with Crippen molar-refractivity contribution in [3.05, 3.63) is 59.7 Å². The minimum Gasteiger partial charge on any atom is -0.384 e. The summed E-state index contributed by atoms with van der Waals surface area (Å²) in [5.74, 6) is -0.679. The van der Waals surface area contributed by atoms with Crippen LogP contribution >= 0.6 is 11.6 Å². The Morgan fingerprint density at radius 1 is 1.11 bits per heavy atom. The number of halogens is 2. The molecule has 3 aromatic heterocycles. The van der Waals surface area contributed by atoms with E-state index in [0.29, 0.717) is 40.8 Å². The molecule has 2 amide bonds. The zero-order chi connectivity index (χ0) is 25.0. The molecule has 3 N–H and O–H groups in total. The highest BCUT2D eigenvalue weighted by Crippen LogP contribution is 2.40. The summed E-state index contributed by atoms with van der Waals surface area (Å²) in [4.78, 5) is 41.0. The SMILES string of the molecule is Nc1ccc(-c2cnc([C@@H]3CC[C@@H]4C(=O)N(c5cc(Cl)ccc5-n5cnnn5)CC(=O)N43)[nH]2)c(F)n1. The van der Waals surface area contributed by atoms with Crippen LogP contribution in [0.2, 0.25) is 5.02 Å². The van der Waals surface area contributed by atoms with Gasteiger partial charge in [-0.05, 0) is 53.6 Å². The Hall–Kier alpha value is -4.39. The summed E-state index contributed by atoms with van der Waals surface area (Å²) in [6, 6.07) is 6.82. The van der Waals surface area contributed by atoms with Crippen LogP contribution in [0.4, 0.5) is 15.9 Å². The number of piperazine rings is 1. The van der Waals surface area contributed by atoms with E-state index in [1.807, 2.05) is 0 Å². The first-order valence-corrected chi connectivity index (χ1v) is 11.4. The van der Waals surface area contributed by atoms with Gasteiger partial charge in [0, 0.05) is 5.02 Å². The van der Waals surface area contributed by atoms with E-state index in [1.165, 1.54) is 34.2 Å². The third-order valence-corrected chi connectivity index (χ3v) is 6.65. The summed E-state index contributed by atoms with van der Waals surface area (Å²) >= 11 is 6.22. The number of nitrogens with one attached hydrogen (secondary N) is 1. The number of tetrazole rings is 1. The maximum atomic E-state index is 14.3. The topological polar surface area (TPSA) is 152 Å². The van der Waals surface area contributed by atoms with Gasteiger partial charge in [0.25, 0.3) is 0 Å². The van der Waals surface area contributed by atoms with Crippen molar-refractivity contribution in [2.24, 2.45) is 0 Å². The molecule has 6 rings (SSSR count). The number of amides is 2. The zero-order valence-corrected chi connectivity index (χ0v) is 19.3. The Balaban J connectivity index is 1.30. The number of anilines is 2. The second-order valence-corrected chi connectivity index (χ2v) is 8.91. The molecule has 5 heterocycles. The third kappa shape index (κ3) is 3.55. The number of hydrogen-bond donors (Lipinski definition) is 2. The van der Waals surface area contributed by atoms with Crippen LogP contribution in [0, 0.1) is 5.95 Å². The number of nitrogen functional groups attached to an aromatic ring is 1. The fraction of sp³-hybridized carbons (Fsp3) is 0.227. The molecule has 2 fully saturated rings. The number of H-pyrrole nitrogens is 1. The minimum absolute atomic E-state index is 0.0690. The predicted octanol–water partition coefficient (Wildman–Crippen LogP) is 1.90. The molecule has 2 saturated heterocycles. The van der Waals surface area contributed by atoms with Gasteiger partial charge in [-0.3, -0.25) is 14.5 Å². The van der Waals surface area contributed by atoms with Gasteiger partial charge in [0.1, 0.15) is 30.6 Å². The molecule has 2 aliphatic rings. The van der Waals surface area contributed by atoms with E-state index in [0.717, 1.165) is 0 Å². The summed E-state index contributed by atoms with van der Waals surface area (Å²) in [6.45, 7) is -0.189. The molecular formula is C22H18ClFN10O2. The molecule has 4 aromatic rings. The summed E-state index contributed by atoms with van der Waals surface area (Å²) in [6.07, 6.45) is 3.84. The van der Waals surface area contributed by atoms with Crippen molar-refractivity contribution in [3.63, 3.8) is 0 Å². The largest absolute Gasteiger partial charge is 0.384 e. The van der Waals surface area contributed by atoms with Crippen LogP contribution < -0.4 is 10.6 Å². The highest BCUT2D eigenvalue weighted by molar-refractivity contribution is 6.31. The lowest BCUT2D eigenvalue weighted by atomic mass is 10.1. The fourth-order valence-electron chi connectivity index (χ4n) is 4.82. The van der Waals surface area contributed by atoms with Crippen molar-refractivity contribution in [3.8, 4) is 16.9 Å². The first-order chi connectivity index (χ1) is 17.4. The molecule has 0 radical (unpaired) electrons. The predicted molar refractivity (Wildman–Crippen MR) is 125 cm³/mol. The smallest absolute Gasteiger partial charge is 0.250 e. The monoisotopic (exact) mass is 508 g/mol. The van der Waals surface area contributed by atoms with Crippen molar-refractivity contribution in [1.29, 1.82) is 0 Å². The summed E-state index contributed by atoms with van der Waals surface area (Å²) in [7, 11) is 0. The number of rotatable bonds is 4. The number of pyridine rings is 1. The molecule has 0 aliphatic carbocycles. The van der Waals surface area contributed by atoms with E-state index in [9.17, 15) is 14.0 Å². The molecular weight excluding hydrogens is 491 g/mol. The first-order valence-electron chi connectivity index (χ1n) is 11.0. The maximum absolute atomic E-state index is 14.3. The molecule has 14 heteroatoms. The lowest BCUT2D eigenvalue weighted by molar-refractivity contribution is -0.143. The minimum atomic E-state index is -0.728. The van der Waals surface area contributed by atoms with Gasteiger partial charge in [-0.1, -0.05) is 11.6 Å². The third-order valence-electron chi connectivity index (χ3n) is 6.41. The molecule has 2 atom stereocenters. The van der Waals surface area contributed by atoms with Gasteiger partial charge in [-0.2, -0.15) is 9.07 Å². The Bertz CT molecular complexity index is 1490. The normalized spacial score (nSPS) is 19.7. The Labute approximate surface area is 207 Å². The van der Waals surface area contributed by atoms with Gasteiger partial charge in [-0.15, -0.1) is 5.10 Å². The summed E-state index contributed by atoms with van der Waals surface area (Å²) in [5, 5.41) is 11.6. The van der Waals surface area contributed by atoms with Gasteiger partial charge < -0.3 is 15.6 Å². The lowest BCUT2D eigenvalue weighted by Gasteiger charge is -2.39. The van der Waals surface area contributed by atoms with Crippen molar-refractivity contribution in [1.82, 2.24) is 40.1 Å². The highest BCUT2D eigenvalue weighted by atomic mass is 35.5. The van der Waals surface area contributed by atoms with Gasteiger partial charge in [0.15, 0.2) is 0 Å². The maximum Gasteiger partial charge on any atom is 0.250 e. The second kappa shape index (κ2) is 8.37. The number of nitrogens with two attached hydrogens (primary N) is 1. The van der Waals surface area contributed by atoms with E-state index in [4.69, 9.17) is 17.3 Å². The molecule has 0 unspecified atom stereocenters. The average molecular weight is 509 g/mol. The number of fused-ring (bicyclic) bond motifs is 1. The van der Waals surface area contributed by atoms with Crippen molar-refractivity contribution in [2.75, 3.05) is 17.2 Å². The summed E-state index contributed by atoms with van der Waals surface area (Å²) in [5.41, 5.74) is 7.10. The number of benzene rings is 1. The van der Waals surface area contributed by atoms with Crippen molar-refractivity contribution >= 4 is 34.9 Å². The van der Waals surface area contributed by atoms with Crippen LogP contribution in [0.5, 0.6) is 0 Å². The number of carbonyl (C=O) groups is 2. The van der Waals surface area contributed by atoms with Crippen LogP contribution in [0.25, 0.3) is 16.9 Å². The van der Waals surface area contributed by atoms with E-state index in [2.05, 4.69) is 30.5 Å². The van der Waals surface area contributed by atoms with Crippen LogP contribution in [0.15, 0.2) is 42.9 Å². The first kappa shape index (κ1) is 22.1.